The first-order valence-corrected chi connectivity index (χ1v) is 27.6. The van der Waals surface area contributed by atoms with Crippen LogP contribution >= 0.6 is 11.3 Å². The topological polar surface area (TPSA) is 171 Å². The molecule has 73 heavy (non-hydrogen) atoms. The van der Waals surface area contributed by atoms with Crippen LogP contribution in [0.25, 0.3) is 33.4 Å². The molecule has 6 fully saturated rings. The summed E-state index contributed by atoms with van der Waals surface area (Å²) in [6.45, 7) is 16.9. The maximum atomic E-state index is 15.1. The number of hydrazine groups is 1. The van der Waals surface area contributed by atoms with Crippen LogP contribution in [0.3, 0.4) is 0 Å². The number of likely N-dealkylation sites (tertiary alicyclic amines) is 2. The maximum absolute atomic E-state index is 15.1. The maximum Gasteiger partial charge on any atom is 0.324 e. The summed E-state index contributed by atoms with van der Waals surface area (Å²) in [5.74, 6) is -0.740. The first-order chi connectivity index (χ1) is 35.2. The lowest BCUT2D eigenvalue weighted by atomic mass is 9.83. The highest BCUT2D eigenvalue weighted by molar-refractivity contribution is 7.10. The highest BCUT2D eigenvalue weighted by atomic mass is 32.1. The summed E-state index contributed by atoms with van der Waals surface area (Å²) in [6.07, 6.45) is 7.15. The van der Waals surface area contributed by atoms with Crippen LogP contribution in [0.1, 0.15) is 113 Å². The largest absolute Gasteiger partial charge is 0.464 e. The molecule has 6 bridgehead atoms. The fraction of sp³-hybridized carbons (Fsp3) is 0.655. The van der Waals surface area contributed by atoms with Gasteiger partial charge in [0.15, 0.2) is 0 Å². The Morgan fingerprint density at radius 1 is 1.04 bits per heavy atom. The molecule has 9 heterocycles. The van der Waals surface area contributed by atoms with Gasteiger partial charge in [0.2, 0.25) is 5.91 Å². The Morgan fingerprint density at radius 3 is 2.55 bits per heavy atom. The van der Waals surface area contributed by atoms with Crippen molar-refractivity contribution in [3.8, 4) is 22.5 Å². The van der Waals surface area contributed by atoms with Crippen LogP contribution in [0, 0.1) is 11.3 Å². The third-order valence-electron chi connectivity index (χ3n) is 16.6. The second-order valence-electron chi connectivity index (χ2n) is 22.9. The fourth-order valence-electron chi connectivity index (χ4n) is 11.9. The van der Waals surface area contributed by atoms with Crippen molar-refractivity contribution >= 4 is 40.0 Å². The molecule has 394 valence electrons. The van der Waals surface area contributed by atoms with Gasteiger partial charge in [-0.3, -0.25) is 34.2 Å². The number of carbonyl (C=O) groups excluding carboxylic acids is 3. The van der Waals surface area contributed by atoms with E-state index in [4.69, 9.17) is 38.4 Å². The van der Waals surface area contributed by atoms with Crippen LogP contribution in [0.15, 0.2) is 35.8 Å². The van der Waals surface area contributed by atoms with E-state index in [1.54, 1.807) is 14.2 Å². The molecule has 0 radical (unpaired) electrons. The van der Waals surface area contributed by atoms with Crippen molar-refractivity contribution in [2.24, 2.45) is 11.3 Å². The number of aromatic nitrogens is 3. The summed E-state index contributed by atoms with van der Waals surface area (Å²) in [6, 6.07) is 7.20. The van der Waals surface area contributed by atoms with Crippen molar-refractivity contribution in [1.29, 1.82) is 0 Å². The van der Waals surface area contributed by atoms with E-state index in [1.165, 1.54) is 34.8 Å². The van der Waals surface area contributed by atoms with Gasteiger partial charge in [0.05, 0.1) is 60.8 Å². The van der Waals surface area contributed by atoms with E-state index < -0.39 is 41.2 Å². The van der Waals surface area contributed by atoms with Crippen molar-refractivity contribution in [2.75, 3.05) is 80.0 Å². The van der Waals surface area contributed by atoms with E-state index in [9.17, 15) is 9.59 Å². The number of esters is 1. The summed E-state index contributed by atoms with van der Waals surface area (Å²) in [7, 11) is 3.44. The molecule has 1 saturated carbocycles. The molecule has 11 rings (SSSR count). The lowest BCUT2D eigenvalue weighted by molar-refractivity contribution is -0.166. The Labute approximate surface area is 432 Å². The minimum absolute atomic E-state index is 0.00191. The first-order valence-electron chi connectivity index (χ1n) is 26.7. The number of hydrogen-bond acceptors (Lipinski definition) is 15. The van der Waals surface area contributed by atoms with Crippen molar-refractivity contribution in [2.45, 2.75) is 140 Å². The zero-order valence-electron chi connectivity index (χ0n) is 43.7. The van der Waals surface area contributed by atoms with Gasteiger partial charge in [-0.2, -0.15) is 0 Å². The van der Waals surface area contributed by atoms with Gasteiger partial charge in [0.1, 0.15) is 23.2 Å². The number of benzene rings is 1. The fourth-order valence-corrected chi connectivity index (χ4v) is 12.9. The number of hydrogen-bond donors (Lipinski definition) is 2. The van der Waals surface area contributed by atoms with Gasteiger partial charge in [0, 0.05) is 124 Å². The molecule has 0 unspecified atom stereocenters. The van der Waals surface area contributed by atoms with Crippen LogP contribution in [-0.2, 0) is 55.8 Å². The molecule has 4 aromatic rings. The van der Waals surface area contributed by atoms with E-state index in [0.29, 0.717) is 88.8 Å². The Balaban J connectivity index is 1.06. The lowest BCUT2D eigenvalue weighted by Gasteiger charge is -2.51. The standard InChI is InChI=1S/C55H74N8O9S/c1-32-27-71-49(32)50(64)58-46-48(61-29-55(5,30-61)68-7)51-57-43(28-73-51)34-10-13-44-39(21-34)41(23-54(3,4)31-72-53(66)42-9-8-16-63(59-42)52(46)65)47(62(44)17-20-70-38-14-18-69-19-15-38)40-22-35(24-56-45(40)33(2)67-6)36-25-60(26-36)37-11-12-37/h10,13,21-22,24,28,32-33,36-38,42,46,48-49,59H,8-9,11-12,14-20,23,25-27,29-31H2,1-7H3,(H,58,64)/t32-,33-,42-,46-,48-,49+/m0/s1. The number of rotatable bonds is 13. The van der Waals surface area contributed by atoms with Crippen LogP contribution in [0.4, 0.5) is 0 Å². The first kappa shape index (κ1) is 50.8. The normalized spacial score (nSPS) is 27.7. The third-order valence-corrected chi connectivity index (χ3v) is 17.5. The molecule has 2 amide bonds. The number of cyclic esters (lactones) is 1. The minimum Gasteiger partial charge on any atom is -0.464 e. The predicted octanol–water partition coefficient (Wildman–Crippen LogP) is 6.19. The molecule has 7 aliphatic rings. The van der Waals surface area contributed by atoms with Crippen LogP contribution in [-0.4, -0.2) is 163 Å². The van der Waals surface area contributed by atoms with E-state index in [0.717, 1.165) is 70.6 Å². The predicted molar refractivity (Wildman–Crippen MR) is 276 cm³/mol. The molecule has 0 spiro atoms. The van der Waals surface area contributed by atoms with Gasteiger partial charge in [-0.15, -0.1) is 11.3 Å². The lowest BCUT2D eigenvalue weighted by Crippen LogP contribution is -2.68. The second-order valence-corrected chi connectivity index (χ2v) is 23.8. The Bertz CT molecular complexity index is 2690. The number of fused-ring (bicyclic) bond motifs is 6. The molecule has 6 atom stereocenters. The van der Waals surface area contributed by atoms with Crippen molar-refractivity contribution < 1.29 is 42.8 Å². The molecule has 17 nitrogen and oxygen atoms in total. The quantitative estimate of drug-likeness (QED) is 0.145. The number of pyridine rings is 1. The van der Waals surface area contributed by atoms with E-state index in [-0.39, 0.29) is 36.5 Å². The highest BCUT2D eigenvalue weighted by Gasteiger charge is 2.50. The Kier molecular flexibility index (Phi) is 14.4. The van der Waals surface area contributed by atoms with E-state index >= 15 is 4.79 Å². The van der Waals surface area contributed by atoms with Gasteiger partial charge in [0.25, 0.3) is 5.91 Å². The van der Waals surface area contributed by atoms with Crippen molar-refractivity contribution in [1.82, 2.24) is 40.1 Å². The summed E-state index contributed by atoms with van der Waals surface area (Å²) in [5.41, 5.74) is 10.3. The Hall–Kier alpha value is -4.37. The number of thiazole rings is 1. The van der Waals surface area contributed by atoms with E-state index in [1.807, 2.05) is 13.8 Å². The molecule has 1 aromatic carbocycles. The van der Waals surface area contributed by atoms with Crippen molar-refractivity contribution in [3.05, 3.63) is 57.7 Å². The summed E-state index contributed by atoms with van der Waals surface area (Å²) in [4.78, 5) is 58.9. The van der Waals surface area contributed by atoms with Gasteiger partial charge >= 0.3 is 5.97 Å². The van der Waals surface area contributed by atoms with Gasteiger partial charge in [-0.1, -0.05) is 26.8 Å². The molecule has 18 heteroatoms. The number of carbonyl (C=O) groups is 3. The molecule has 3 aromatic heterocycles. The van der Waals surface area contributed by atoms with E-state index in [2.05, 4.69) is 81.7 Å². The highest BCUT2D eigenvalue weighted by Crippen LogP contribution is 2.45. The molecule has 6 aliphatic heterocycles. The minimum atomic E-state index is -1.07. The number of amides is 2. The summed E-state index contributed by atoms with van der Waals surface area (Å²) in [5, 5.41) is 8.47. The average Bonchev–Trinajstić information content (AvgIpc) is 4.00. The number of ether oxygens (including phenoxy) is 6. The molecule has 2 N–H and O–H groups in total. The number of nitrogens with zero attached hydrogens (tertiary/aromatic N) is 6. The van der Waals surface area contributed by atoms with Crippen LogP contribution in [0.2, 0.25) is 0 Å². The molecule has 1 aliphatic carbocycles. The molecule has 5 saturated heterocycles. The van der Waals surface area contributed by atoms with Gasteiger partial charge < -0.3 is 38.3 Å². The molecular weight excluding hydrogens is 949 g/mol. The van der Waals surface area contributed by atoms with Crippen LogP contribution in [0.5, 0.6) is 0 Å². The average molecular weight is 1020 g/mol. The van der Waals surface area contributed by atoms with Crippen molar-refractivity contribution in [3.63, 3.8) is 0 Å². The smallest absolute Gasteiger partial charge is 0.324 e. The monoisotopic (exact) mass is 1020 g/mol. The summed E-state index contributed by atoms with van der Waals surface area (Å²) >= 11 is 1.48. The summed E-state index contributed by atoms with van der Waals surface area (Å²) < 4.78 is 38.8. The zero-order valence-corrected chi connectivity index (χ0v) is 44.5. The van der Waals surface area contributed by atoms with Gasteiger partial charge in [-0.25, -0.2) is 10.4 Å². The second kappa shape index (κ2) is 20.6. The third kappa shape index (κ3) is 10.2. The zero-order chi connectivity index (χ0) is 50.8. The van der Waals surface area contributed by atoms with Crippen LogP contribution < -0.4 is 10.7 Å². The number of methoxy groups -OCH3 is 2. The Morgan fingerprint density at radius 2 is 1.84 bits per heavy atom. The van der Waals surface area contributed by atoms with Gasteiger partial charge in [-0.05, 0) is 88.1 Å². The number of nitrogens with one attached hydrogen (secondary N) is 2. The molecular formula is C55H74N8O9S. The SMILES string of the molecule is CO[C@@H](C)c1ncc(C2CN(C3CC3)C2)cc1-c1c2c3cc(ccc3n1CCOC1CCOCC1)-c1csc(n1)[C@@H](N1CC(C)(OC)C1)[C@H](NC(=O)[C@@H]1OC[C@@H]1C)C(=O)N1CCC[C@H](N1)C(=O)OCC(C)(C)C2.